The number of hydrogen-bond acceptors (Lipinski definition) is 6. The second-order valence-corrected chi connectivity index (χ2v) is 8.47. The number of carbonyl (C=O) groups is 1. The predicted octanol–water partition coefficient (Wildman–Crippen LogP) is 5.10. The summed E-state index contributed by atoms with van der Waals surface area (Å²) in [6.07, 6.45) is 1.85. The van der Waals surface area contributed by atoms with Gasteiger partial charge >= 0.3 is 6.03 Å². The quantitative estimate of drug-likeness (QED) is 0.385. The molecule has 0 spiro atoms. The molecule has 0 unspecified atom stereocenters. The topological polar surface area (TPSA) is 79.4 Å². The fourth-order valence-corrected chi connectivity index (χ4v) is 4.36. The van der Waals surface area contributed by atoms with Gasteiger partial charge in [0.25, 0.3) is 0 Å². The maximum absolute atomic E-state index is 11.7. The normalized spacial score (nSPS) is 13.1. The Balaban J connectivity index is 1.35. The van der Waals surface area contributed by atoms with Crippen molar-refractivity contribution in [3.8, 4) is 33.2 Å². The molecule has 0 saturated carbocycles. The number of nitrogens with zero attached hydrogens (tertiary/aromatic N) is 3. The molecule has 1 aliphatic heterocycles. The van der Waals surface area contributed by atoms with E-state index in [0.717, 1.165) is 39.7 Å². The van der Waals surface area contributed by atoms with Crippen LogP contribution in [0.2, 0.25) is 0 Å². The molecule has 0 radical (unpaired) electrons. The van der Waals surface area contributed by atoms with E-state index in [1.54, 1.807) is 16.2 Å². The number of hydrogen-bond donors (Lipinski definition) is 2. The van der Waals surface area contributed by atoms with Gasteiger partial charge in [0.15, 0.2) is 0 Å². The van der Waals surface area contributed by atoms with Crippen molar-refractivity contribution in [2.24, 2.45) is 0 Å². The van der Waals surface area contributed by atoms with Crippen LogP contribution in [0.4, 0.5) is 10.7 Å². The summed E-state index contributed by atoms with van der Waals surface area (Å²) in [5, 5.41) is 8.10. The molecule has 4 aromatic rings. The molecule has 2 aromatic carbocycles. The lowest BCUT2D eigenvalue weighted by Gasteiger charge is -2.15. The largest absolute Gasteiger partial charge is 0.457 e. The van der Waals surface area contributed by atoms with Crippen LogP contribution in [0.3, 0.4) is 0 Å². The van der Waals surface area contributed by atoms with Crippen molar-refractivity contribution < 1.29 is 9.53 Å². The molecular weight excluding hydrogens is 434 g/mol. The fraction of sp³-hybridized carbons (Fsp3) is 0.160. The van der Waals surface area contributed by atoms with Crippen LogP contribution >= 0.6 is 11.3 Å². The number of anilines is 1. The molecule has 3 heterocycles. The molecule has 1 aliphatic rings. The molecule has 2 amide bonds. The third-order valence-electron chi connectivity index (χ3n) is 5.30. The third kappa shape index (κ3) is 4.96. The number of thiophene rings is 1. The van der Waals surface area contributed by atoms with E-state index >= 15 is 0 Å². The Kier molecular flexibility index (Phi) is 6.16. The highest BCUT2D eigenvalue weighted by atomic mass is 32.1. The van der Waals surface area contributed by atoms with Crippen LogP contribution in [0.5, 0.6) is 11.5 Å². The first-order valence-corrected chi connectivity index (χ1v) is 11.7. The van der Waals surface area contributed by atoms with Crippen molar-refractivity contribution >= 4 is 23.3 Å². The number of para-hydroxylation sites is 1. The first kappa shape index (κ1) is 21.0. The van der Waals surface area contributed by atoms with Crippen molar-refractivity contribution in [3.05, 3.63) is 78.3 Å². The van der Waals surface area contributed by atoms with Crippen molar-refractivity contribution in [1.29, 1.82) is 0 Å². The lowest BCUT2D eigenvalue weighted by molar-refractivity contribution is 0.219. The molecule has 5 rings (SSSR count). The van der Waals surface area contributed by atoms with E-state index < -0.39 is 0 Å². The number of ether oxygens (including phenoxy) is 1. The van der Waals surface area contributed by atoms with Gasteiger partial charge in [-0.2, -0.15) is 0 Å². The van der Waals surface area contributed by atoms with Gasteiger partial charge in [-0.25, -0.2) is 14.8 Å². The number of benzene rings is 2. The maximum atomic E-state index is 11.7. The number of carbonyl (C=O) groups excluding carboxylic acids is 1. The molecule has 1 fully saturated rings. The van der Waals surface area contributed by atoms with Gasteiger partial charge in [0.05, 0.1) is 10.6 Å². The molecule has 0 atom stereocenters. The second kappa shape index (κ2) is 9.70. The summed E-state index contributed by atoms with van der Waals surface area (Å²) in [4.78, 5) is 23.9. The van der Waals surface area contributed by atoms with E-state index in [0.29, 0.717) is 25.6 Å². The Bertz CT molecular complexity index is 1210. The van der Waals surface area contributed by atoms with Gasteiger partial charge in [0, 0.05) is 37.9 Å². The summed E-state index contributed by atoms with van der Waals surface area (Å²) >= 11 is 1.64. The van der Waals surface area contributed by atoms with Gasteiger partial charge in [0.2, 0.25) is 5.95 Å². The molecule has 0 aliphatic carbocycles. The van der Waals surface area contributed by atoms with Gasteiger partial charge < -0.3 is 20.3 Å². The third-order valence-corrected chi connectivity index (χ3v) is 6.17. The van der Waals surface area contributed by atoms with Crippen LogP contribution in [-0.4, -0.2) is 47.1 Å². The van der Waals surface area contributed by atoms with Gasteiger partial charge in [-0.05, 0) is 41.3 Å². The highest BCUT2D eigenvalue weighted by Crippen LogP contribution is 2.34. The standard InChI is InChI=1S/C25H23N5O2S/c31-25-27-13-15-30(25)14-12-26-24-28-17-21(23(29-24)22-7-4-16-33-22)18-8-10-20(11-9-18)32-19-5-2-1-3-6-19/h1-11,16-17H,12-15H2,(H,27,31)(H,26,28,29). The Labute approximate surface area is 196 Å². The van der Waals surface area contributed by atoms with Crippen molar-refractivity contribution in [2.45, 2.75) is 0 Å². The zero-order valence-electron chi connectivity index (χ0n) is 17.9. The highest BCUT2D eigenvalue weighted by Gasteiger charge is 2.19. The minimum atomic E-state index is -0.0213. The molecule has 2 aromatic heterocycles. The summed E-state index contributed by atoms with van der Waals surface area (Å²) < 4.78 is 5.91. The molecule has 1 saturated heterocycles. The summed E-state index contributed by atoms with van der Waals surface area (Å²) in [5.74, 6) is 2.12. The molecule has 2 N–H and O–H groups in total. The summed E-state index contributed by atoms with van der Waals surface area (Å²) in [5.41, 5.74) is 2.84. The maximum Gasteiger partial charge on any atom is 0.317 e. The Morgan fingerprint density at radius 1 is 1.03 bits per heavy atom. The second-order valence-electron chi connectivity index (χ2n) is 7.52. The van der Waals surface area contributed by atoms with E-state index in [2.05, 4.69) is 21.7 Å². The van der Waals surface area contributed by atoms with Crippen LogP contribution in [-0.2, 0) is 0 Å². The SMILES string of the molecule is O=C1NCCN1CCNc1ncc(-c2ccc(Oc3ccccc3)cc2)c(-c2cccs2)n1. The minimum absolute atomic E-state index is 0.0213. The number of urea groups is 1. The van der Waals surface area contributed by atoms with E-state index in [1.807, 2.05) is 72.2 Å². The van der Waals surface area contributed by atoms with Gasteiger partial charge in [-0.1, -0.05) is 36.4 Å². The number of amides is 2. The van der Waals surface area contributed by atoms with Crippen LogP contribution in [0.25, 0.3) is 21.7 Å². The molecule has 166 valence electrons. The van der Waals surface area contributed by atoms with Gasteiger partial charge in [0.1, 0.15) is 11.5 Å². The van der Waals surface area contributed by atoms with Crippen LogP contribution in [0.15, 0.2) is 78.3 Å². The Morgan fingerprint density at radius 3 is 2.58 bits per heavy atom. The minimum Gasteiger partial charge on any atom is -0.457 e. The number of aromatic nitrogens is 2. The number of rotatable bonds is 8. The molecular formula is C25H23N5O2S. The predicted molar refractivity (Wildman–Crippen MR) is 131 cm³/mol. The average Bonchev–Trinajstić information content (AvgIpc) is 3.53. The van der Waals surface area contributed by atoms with Gasteiger partial charge in [-0.3, -0.25) is 0 Å². The van der Waals surface area contributed by atoms with Crippen LogP contribution in [0.1, 0.15) is 0 Å². The molecule has 7 nitrogen and oxygen atoms in total. The van der Waals surface area contributed by atoms with E-state index in [1.165, 1.54) is 0 Å². The van der Waals surface area contributed by atoms with E-state index in [4.69, 9.17) is 9.72 Å². The molecule has 33 heavy (non-hydrogen) atoms. The van der Waals surface area contributed by atoms with E-state index in [9.17, 15) is 4.79 Å². The van der Waals surface area contributed by atoms with E-state index in [-0.39, 0.29) is 6.03 Å². The zero-order valence-corrected chi connectivity index (χ0v) is 18.7. The average molecular weight is 458 g/mol. The Hall–Kier alpha value is -3.91. The molecule has 0 bridgehead atoms. The number of nitrogens with one attached hydrogen (secondary N) is 2. The lowest BCUT2D eigenvalue weighted by atomic mass is 10.0. The van der Waals surface area contributed by atoms with Crippen molar-refractivity contribution in [3.63, 3.8) is 0 Å². The van der Waals surface area contributed by atoms with Crippen molar-refractivity contribution in [1.82, 2.24) is 20.2 Å². The molecule has 8 heteroatoms. The fourth-order valence-electron chi connectivity index (χ4n) is 3.63. The summed E-state index contributed by atoms with van der Waals surface area (Å²) in [6.45, 7) is 2.61. The first-order valence-electron chi connectivity index (χ1n) is 10.8. The van der Waals surface area contributed by atoms with Gasteiger partial charge in [-0.15, -0.1) is 11.3 Å². The monoisotopic (exact) mass is 457 g/mol. The smallest absolute Gasteiger partial charge is 0.317 e. The first-order chi connectivity index (χ1) is 16.3. The zero-order chi connectivity index (χ0) is 22.5. The Morgan fingerprint density at radius 2 is 1.85 bits per heavy atom. The van der Waals surface area contributed by atoms with Crippen molar-refractivity contribution in [2.75, 3.05) is 31.5 Å². The summed E-state index contributed by atoms with van der Waals surface area (Å²) in [6, 6.07) is 21.7. The summed E-state index contributed by atoms with van der Waals surface area (Å²) in [7, 11) is 0. The van der Waals surface area contributed by atoms with Crippen LogP contribution < -0.4 is 15.4 Å². The van der Waals surface area contributed by atoms with Crippen LogP contribution in [0, 0.1) is 0 Å². The highest BCUT2D eigenvalue weighted by molar-refractivity contribution is 7.13. The lowest BCUT2D eigenvalue weighted by Crippen LogP contribution is -2.32.